The Morgan fingerprint density at radius 2 is 1.86 bits per heavy atom. The highest BCUT2D eigenvalue weighted by Gasteiger charge is 2.12. The number of nitro benzene ring substituents is 1. The van der Waals surface area contributed by atoms with Crippen LogP contribution in [-0.4, -0.2) is 9.85 Å². The van der Waals surface area contributed by atoms with Gasteiger partial charge in [-0.3, -0.25) is 20.2 Å². The van der Waals surface area contributed by atoms with Crippen LogP contribution in [0.1, 0.15) is 12.5 Å². The molecule has 6 nitrogen and oxygen atoms in total. The summed E-state index contributed by atoms with van der Waals surface area (Å²) in [5.41, 5.74) is 0.984. The van der Waals surface area contributed by atoms with Crippen LogP contribution in [0.15, 0.2) is 48.2 Å². The summed E-state index contributed by atoms with van der Waals surface area (Å²) >= 11 is 0. The lowest BCUT2D eigenvalue weighted by molar-refractivity contribution is -0.422. The van der Waals surface area contributed by atoms with E-state index >= 15 is 0 Å². The van der Waals surface area contributed by atoms with Gasteiger partial charge in [-0.15, -0.1) is 0 Å². The number of nitro groups is 2. The van der Waals surface area contributed by atoms with E-state index in [1.165, 1.54) is 43.3 Å². The zero-order valence-electron chi connectivity index (χ0n) is 11.5. The molecule has 0 amide bonds. The predicted octanol–water partition coefficient (Wildman–Crippen LogP) is 4.04. The molecule has 2 rings (SSSR count). The first-order valence-electron chi connectivity index (χ1n) is 6.25. The number of hydrogen-bond acceptors (Lipinski definition) is 4. The lowest BCUT2D eigenvalue weighted by atomic mass is 9.98. The molecule has 0 aliphatic rings. The van der Waals surface area contributed by atoms with Crippen LogP contribution in [0.3, 0.4) is 0 Å². The largest absolute Gasteiger partial charge is 0.270 e. The molecule has 0 spiro atoms. The molecular formula is C15H11FN2O4. The lowest BCUT2D eigenvalue weighted by Gasteiger charge is -2.07. The zero-order valence-corrected chi connectivity index (χ0v) is 11.5. The van der Waals surface area contributed by atoms with Gasteiger partial charge in [0.1, 0.15) is 5.82 Å². The Morgan fingerprint density at radius 3 is 2.50 bits per heavy atom. The number of non-ortho nitro benzene ring substituents is 1. The van der Waals surface area contributed by atoms with Crippen LogP contribution < -0.4 is 0 Å². The van der Waals surface area contributed by atoms with Crippen molar-refractivity contribution in [1.29, 1.82) is 0 Å². The van der Waals surface area contributed by atoms with E-state index in [2.05, 4.69) is 0 Å². The van der Waals surface area contributed by atoms with Crippen molar-refractivity contribution in [3.63, 3.8) is 0 Å². The third-order valence-corrected chi connectivity index (χ3v) is 3.03. The van der Waals surface area contributed by atoms with Gasteiger partial charge in [-0.05, 0) is 28.8 Å². The smallest absolute Gasteiger partial charge is 0.259 e. The number of halogens is 1. The van der Waals surface area contributed by atoms with Crippen molar-refractivity contribution in [3.8, 4) is 11.1 Å². The van der Waals surface area contributed by atoms with E-state index in [0.717, 1.165) is 6.07 Å². The van der Waals surface area contributed by atoms with Crippen molar-refractivity contribution in [3.05, 3.63) is 79.8 Å². The molecule has 2 aromatic carbocycles. The van der Waals surface area contributed by atoms with Gasteiger partial charge >= 0.3 is 0 Å². The summed E-state index contributed by atoms with van der Waals surface area (Å²) in [5, 5.41) is 21.6. The van der Waals surface area contributed by atoms with Gasteiger partial charge in [0.05, 0.1) is 9.85 Å². The molecule has 22 heavy (non-hydrogen) atoms. The van der Waals surface area contributed by atoms with Crippen molar-refractivity contribution in [2.24, 2.45) is 0 Å². The molecule has 0 saturated heterocycles. The first-order chi connectivity index (χ1) is 10.4. The zero-order chi connectivity index (χ0) is 16.3. The van der Waals surface area contributed by atoms with Gasteiger partial charge in [0, 0.05) is 25.1 Å². The number of benzene rings is 2. The summed E-state index contributed by atoms with van der Waals surface area (Å²) in [6.07, 6.45) is 1.23. The maximum absolute atomic E-state index is 13.4. The molecular weight excluding hydrogens is 291 g/mol. The number of allylic oxidation sites excluding steroid dienone is 1. The molecule has 0 bridgehead atoms. The van der Waals surface area contributed by atoms with Crippen LogP contribution in [0.2, 0.25) is 0 Å². The average molecular weight is 302 g/mol. The first kappa shape index (κ1) is 15.3. The summed E-state index contributed by atoms with van der Waals surface area (Å²) in [5.74, 6) is -0.545. The molecule has 0 N–H and O–H groups in total. The van der Waals surface area contributed by atoms with Gasteiger partial charge in [0.25, 0.3) is 5.69 Å². The molecule has 7 heteroatoms. The van der Waals surface area contributed by atoms with Crippen molar-refractivity contribution in [2.45, 2.75) is 6.92 Å². The van der Waals surface area contributed by atoms with E-state index in [4.69, 9.17) is 0 Å². The van der Waals surface area contributed by atoms with Gasteiger partial charge in [0.15, 0.2) is 0 Å². The van der Waals surface area contributed by atoms with Gasteiger partial charge in [-0.25, -0.2) is 4.39 Å². The standard InChI is InChI=1S/C15H11FN2O4/c1-10(17(19)20)7-12-8-13(16)5-6-15(12)11-3-2-4-14(9-11)18(21)22/h2-9H,1H3. The Hall–Kier alpha value is -3.09. The Morgan fingerprint density at radius 1 is 1.14 bits per heavy atom. The minimum atomic E-state index is -0.581. The second kappa shape index (κ2) is 6.13. The minimum Gasteiger partial charge on any atom is -0.259 e. The van der Waals surface area contributed by atoms with Crippen molar-refractivity contribution >= 4 is 11.8 Å². The summed E-state index contributed by atoms with van der Waals surface area (Å²) in [4.78, 5) is 20.5. The maximum Gasteiger partial charge on any atom is 0.270 e. The predicted molar refractivity (Wildman–Crippen MR) is 79.1 cm³/mol. The molecule has 0 aliphatic heterocycles. The van der Waals surface area contributed by atoms with E-state index in [0.29, 0.717) is 11.1 Å². The van der Waals surface area contributed by atoms with Crippen molar-refractivity contribution in [2.75, 3.05) is 0 Å². The fourth-order valence-corrected chi connectivity index (χ4v) is 1.98. The van der Waals surface area contributed by atoms with Crippen LogP contribution in [0, 0.1) is 26.0 Å². The molecule has 0 atom stereocenters. The van der Waals surface area contributed by atoms with Crippen LogP contribution in [0.5, 0.6) is 0 Å². The number of hydrogen-bond donors (Lipinski definition) is 0. The van der Waals surface area contributed by atoms with Gasteiger partial charge in [-0.2, -0.15) is 0 Å². The highest BCUT2D eigenvalue weighted by Crippen LogP contribution is 2.29. The maximum atomic E-state index is 13.4. The highest BCUT2D eigenvalue weighted by atomic mass is 19.1. The molecule has 0 aliphatic carbocycles. The fourth-order valence-electron chi connectivity index (χ4n) is 1.98. The quantitative estimate of drug-likeness (QED) is 0.630. The van der Waals surface area contributed by atoms with Gasteiger partial charge in [0.2, 0.25) is 5.70 Å². The SMILES string of the molecule is CC(=Cc1cc(F)ccc1-c1cccc([N+](=O)[O-])c1)[N+](=O)[O-]. The average Bonchev–Trinajstić information content (AvgIpc) is 2.47. The number of nitrogens with zero attached hydrogens (tertiary/aromatic N) is 2. The topological polar surface area (TPSA) is 86.3 Å². The van der Waals surface area contributed by atoms with E-state index in [1.54, 1.807) is 6.07 Å². The van der Waals surface area contributed by atoms with Crippen molar-refractivity contribution < 1.29 is 14.2 Å². The molecule has 112 valence electrons. The molecule has 0 heterocycles. The Balaban J connectivity index is 2.61. The van der Waals surface area contributed by atoms with Gasteiger partial charge < -0.3 is 0 Å². The third-order valence-electron chi connectivity index (χ3n) is 3.03. The minimum absolute atomic E-state index is 0.109. The van der Waals surface area contributed by atoms with E-state index in [-0.39, 0.29) is 16.9 Å². The second-order valence-corrected chi connectivity index (χ2v) is 4.58. The summed E-state index contributed by atoms with van der Waals surface area (Å²) in [6, 6.07) is 9.60. The van der Waals surface area contributed by atoms with Crippen LogP contribution in [0.4, 0.5) is 10.1 Å². The Bertz CT molecular complexity index is 787. The van der Waals surface area contributed by atoms with Crippen LogP contribution in [-0.2, 0) is 0 Å². The fraction of sp³-hybridized carbons (Fsp3) is 0.0667. The normalized spacial score (nSPS) is 11.3. The summed E-state index contributed by atoms with van der Waals surface area (Å²) in [6.45, 7) is 1.29. The van der Waals surface area contributed by atoms with E-state index < -0.39 is 15.7 Å². The molecule has 0 saturated carbocycles. The Kier molecular flexibility index (Phi) is 4.26. The van der Waals surface area contributed by atoms with E-state index in [9.17, 15) is 24.6 Å². The summed E-state index contributed by atoms with van der Waals surface area (Å²) < 4.78 is 13.4. The second-order valence-electron chi connectivity index (χ2n) is 4.58. The molecule has 0 unspecified atom stereocenters. The van der Waals surface area contributed by atoms with Crippen molar-refractivity contribution in [1.82, 2.24) is 0 Å². The molecule has 0 fully saturated rings. The third kappa shape index (κ3) is 3.32. The molecule has 2 aromatic rings. The van der Waals surface area contributed by atoms with Crippen LogP contribution >= 0.6 is 0 Å². The first-order valence-corrected chi connectivity index (χ1v) is 6.25. The molecule has 0 aromatic heterocycles. The van der Waals surface area contributed by atoms with Crippen LogP contribution in [0.25, 0.3) is 17.2 Å². The van der Waals surface area contributed by atoms with E-state index in [1.807, 2.05) is 0 Å². The number of rotatable bonds is 4. The Labute approximate surface area is 124 Å². The highest BCUT2D eigenvalue weighted by molar-refractivity contribution is 5.76. The van der Waals surface area contributed by atoms with Gasteiger partial charge in [-0.1, -0.05) is 18.2 Å². The molecule has 0 radical (unpaired) electrons. The lowest BCUT2D eigenvalue weighted by Crippen LogP contribution is -1.95. The monoisotopic (exact) mass is 302 g/mol. The summed E-state index contributed by atoms with van der Waals surface area (Å²) in [7, 11) is 0.